The van der Waals surface area contributed by atoms with E-state index in [0.717, 1.165) is 99.5 Å². The first-order chi connectivity index (χ1) is 24.5. The number of rotatable bonds is 22. The van der Waals surface area contributed by atoms with Crippen LogP contribution in [0.5, 0.6) is 0 Å². The minimum absolute atomic E-state index is 0.0154. The Labute approximate surface area is 314 Å². The summed E-state index contributed by atoms with van der Waals surface area (Å²) < 4.78 is 6.11. The van der Waals surface area contributed by atoms with Crippen LogP contribution in [0.15, 0.2) is 11.6 Å². The third-order valence-electron chi connectivity index (χ3n) is 15.2. The predicted molar refractivity (Wildman–Crippen MR) is 213 cm³/mol. The molecule has 0 aromatic rings. The Hall–Kier alpha value is -1.40. The largest absolute Gasteiger partial charge is 0.462 e. The average Bonchev–Trinajstić information content (AvgIpc) is 3.46. The lowest BCUT2D eigenvalue weighted by Crippen LogP contribution is -2.51. The molecule has 0 heterocycles. The smallest absolute Gasteiger partial charge is 0.306 e. The number of hydrogen-bond donors (Lipinski definition) is 2. The normalized spacial score (nSPS) is 31.3. The standard InChI is InChI=1S/C45H81N3O3/c1-7-35(33(2)3)19-18-34(4)39-22-23-40-38-21-20-36-32-37(24-26-44(36,5)41(38)25-27-45(39,40)6)51-43(50)17-14-16-42(49)48(31-15-29-47)30-13-11-9-8-10-12-28-46/h20,33-35,37-41H,7-19,21-32,46-47H2,1-6H3/t34-,35-,37?,38?,39?,40?,41?,44?,45?/m1/s1. The highest BCUT2D eigenvalue weighted by molar-refractivity contribution is 5.77. The summed E-state index contributed by atoms with van der Waals surface area (Å²) in [7, 11) is 0. The van der Waals surface area contributed by atoms with Gasteiger partial charge in [-0.1, -0.05) is 91.7 Å². The first-order valence-electron chi connectivity index (χ1n) is 22.0. The fourth-order valence-electron chi connectivity index (χ4n) is 12.0. The highest BCUT2D eigenvalue weighted by Crippen LogP contribution is 2.67. The van der Waals surface area contributed by atoms with Gasteiger partial charge < -0.3 is 21.1 Å². The lowest BCUT2D eigenvalue weighted by Gasteiger charge is -2.58. The highest BCUT2D eigenvalue weighted by atomic mass is 16.5. The van der Waals surface area contributed by atoms with Crippen LogP contribution in [-0.4, -0.2) is 49.1 Å². The number of hydrogen-bond acceptors (Lipinski definition) is 5. The summed E-state index contributed by atoms with van der Waals surface area (Å²) >= 11 is 0. The molecule has 3 saturated carbocycles. The SMILES string of the molecule is CC[C@H](CC[C@@H](C)C1CCC2C3CC=C4CC(OC(=O)CCCC(=O)N(CCCN)CCCCCCCCN)CCC4(C)C3CCC21C)C(C)C. The van der Waals surface area contributed by atoms with E-state index in [4.69, 9.17) is 16.2 Å². The molecule has 0 aromatic carbocycles. The number of allylic oxidation sites excluding steroid dienone is 1. The zero-order valence-corrected chi connectivity index (χ0v) is 34.2. The van der Waals surface area contributed by atoms with E-state index < -0.39 is 0 Å². The van der Waals surface area contributed by atoms with Crippen LogP contribution < -0.4 is 11.5 Å². The van der Waals surface area contributed by atoms with Gasteiger partial charge in [-0.05, 0) is 142 Å². The number of fused-ring (bicyclic) bond motifs is 5. The number of amides is 1. The summed E-state index contributed by atoms with van der Waals surface area (Å²) in [6, 6.07) is 0. The van der Waals surface area contributed by atoms with Crippen molar-refractivity contribution in [1.29, 1.82) is 0 Å². The van der Waals surface area contributed by atoms with E-state index in [9.17, 15) is 9.59 Å². The fourth-order valence-corrected chi connectivity index (χ4v) is 12.0. The Bertz CT molecular complexity index is 1110. The topological polar surface area (TPSA) is 98.7 Å². The van der Waals surface area contributed by atoms with Crippen molar-refractivity contribution in [2.45, 2.75) is 182 Å². The van der Waals surface area contributed by atoms with Gasteiger partial charge in [0.25, 0.3) is 0 Å². The lowest BCUT2D eigenvalue weighted by atomic mass is 9.47. The van der Waals surface area contributed by atoms with Gasteiger partial charge in [-0.25, -0.2) is 0 Å². The van der Waals surface area contributed by atoms with Crippen LogP contribution in [0.25, 0.3) is 0 Å². The maximum Gasteiger partial charge on any atom is 0.306 e. The molecule has 0 spiro atoms. The predicted octanol–water partition coefficient (Wildman–Crippen LogP) is 10.2. The van der Waals surface area contributed by atoms with Crippen LogP contribution >= 0.6 is 0 Å². The van der Waals surface area contributed by atoms with Crippen molar-refractivity contribution in [3.8, 4) is 0 Å². The van der Waals surface area contributed by atoms with Gasteiger partial charge in [-0.2, -0.15) is 0 Å². The zero-order chi connectivity index (χ0) is 37.0. The van der Waals surface area contributed by atoms with Crippen molar-refractivity contribution in [3.05, 3.63) is 11.6 Å². The molecular formula is C45H81N3O3. The Morgan fingerprint density at radius 2 is 1.55 bits per heavy atom. The van der Waals surface area contributed by atoms with Gasteiger partial charge in [0, 0.05) is 32.4 Å². The molecule has 4 rings (SSSR count). The molecule has 6 nitrogen and oxygen atoms in total. The second-order valence-corrected chi connectivity index (χ2v) is 18.6. The molecule has 0 aliphatic heterocycles. The van der Waals surface area contributed by atoms with Crippen LogP contribution in [0.2, 0.25) is 0 Å². The molecule has 7 unspecified atom stereocenters. The van der Waals surface area contributed by atoms with E-state index in [1.807, 2.05) is 4.90 Å². The van der Waals surface area contributed by atoms with Gasteiger partial charge >= 0.3 is 5.97 Å². The molecule has 9 atom stereocenters. The van der Waals surface area contributed by atoms with Crippen molar-refractivity contribution in [1.82, 2.24) is 4.90 Å². The minimum Gasteiger partial charge on any atom is -0.462 e. The summed E-state index contributed by atoms with van der Waals surface area (Å²) in [5, 5.41) is 0. The molecule has 6 heteroatoms. The van der Waals surface area contributed by atoms with Gasteiger partial charge in [-0.15, -0.1) is 0 Å². The second kappa shape index (κ2) is 20.3. The van der Waals surface area contributed by atoms with E-state index in [1.165, 1.54) is 70.6 Å². The van der Waals surface area contributed by atoms with Crippen molar-refractivity contribution < 1.29 is 14.3 Å². The number of carbonyl (C=O) groups is 2. The van der Waals surface area contributed by atoms with Crippen molar-refractivity contribution >= 4 is 11.9 Å². The second-order valence-electron chi connectivity index (χ2n) is 18.6. The molecule has 4 aliphatic carbocycles. The van der Waals surface area contributed by atoms with Gasteiger partial charge in [0.05, 0.1) is 0 Å². The molecule has 0 saturated heterocycles. The van der Waals surface area contributed by atoms with E-state index in [0.29, 0.717) is 37.8 Å². The fraction of sp³-hybridized carbons (Fsp3) is 0.911. The van der Waals surface area contributed by atoms with Gasteiger partial charge in [0.1, 0.15) is 6.10 Å². The maximum absolute atomic E-state index is 13.1. The summed E-state index contributed by atoms with van der Waals surface area (Å²) in [5.74, 6) is 5.86. The average molecular weight is 712 g/mol. The van der Waals surface area contributed by atoms with Crippen LogP contribution in [-0.2, 0) is 14.3 Å². The summed E-state index contributed by atoms with van der Waals surface area (Å²) in [6.07, 6.45) is 25.5. The van der Waals surface area contributed by atoms with E-state index in [2.05, 4.69) is 47.6 Å². The van der Waals surface area contributed by atoms with E-state index >= 15 is 0 Å². The molecule has 4 aliphatic rings. The Morgan fingerprint density at radius 1 is 0.843 bits per heavy atom. The number of nitrogens with zero attached hydrogens (tertiary/aromatic N) is 1. The summed E-state index contributed by atoms with van der Waals surface area (Å²) in [6.45, 7) is 17.9. The summed E-state index contributed by atoms with van der Waals surface area (Å²) in [5.41, 5.74) is 13.7. The quantitative estimate of drug-likeness (QED) is 0.0662. The monoisotopic (exact) mass is 712 g/mol. The third-order valence-corrected chi connectivity index (χ3v) is 15.2. The highest BCUT2D eigenvalue weighted by Gasteiger charge is 2.59. The van der Waals surface area contributed by atoms with E-state index in [-0.39, 0.29) is 23.4 Å². The van der Waals surface area contributed by atoms with Gasteiger partial charge in [0.2, 0.25) is 5.91 Å². The molecular weight excluding hydrogens is 631 g/mol. The number of unbranched alkanes of at least 4 members (excludes halogenated alkanes) is 5. The van der Waals surface area contributed by atoms with Gasteiger partial charge in [0.15, 0.2) is 0 Å². The van der Waals surface area contributed by atoms with Crippen LogP contribution in [0.1, 0.15) is 176 Å². The molecule has 0 bridgehead atoms. The van der Waals surface area contributed by atoms with Crippen molar-refractivity contribution in [2.24, 2.45) is 63.7 Å². The number of esters is 1. The van der Waals surface area contributed by atoms with Crippen molar-refractivity contribution in [3.63, 3.8) is 0 Å². The molecule has 51 heavy (non-hydrogen) atoms. The zero-order valence-electron chi connectivity index (χ0n) is 34.2. The van der Waals surface area contributed by atoms with Crippen molar-refractivity contribution in [2.75, 3.05) is 26.2 Å². The molecule has 1 amide bonds. The van der Waals surface area contributed by atoms with Crippen LogP contribution in [0, 0.1) is 52.3 Å². The molecule has 3 fully saturated rings. The van der Waals surface area contributed by atoms with Crippen LogP contribution in [0.3, 0.4) is 0 Å². The third kappa shape index (κ3) is 10.9. The molecule has 4 N–H and O–H groups in total. The molecule has 294 valence electrons. The Morgan fingerprint density at radius 3 is 2.25 bits per heavy atom. The maximum atomic E-state index is 13.1. The Balaban J connectivity index is 1.23. The molecule has 0 aromatic heterocycles. The lowest BCUT2D eigenvalue weighted by molar-refractivity contribution is -0.151. The van der Waals surface area contributed by atoms with Crippen LogP contribution in [0.4, 0.5) is 0 Å². The van der Waals surface area contributed by atoms with Gasteiger partial charge in [-0.3, -0.25) is 9.59 Å². The first-order valence-corrected chi connectivity index (χ1v) is 22.0. The Kier molecular flexibility index (Phi) is 16.9. The minimum atomic E-state index is -0.130. The van der Waals surface area contributed by atoms with E-state index in [1.54, 1.807) is 5.57 Å². The number of nitrogens with two attached hydrogens (primary N) is 2. The number of ether oxygens (including phenoxy) is 1. The molecule has 0 radical (unpaired) electrons. The first kappa shape index (κ1) is 42.3. The number of carbonyl (C=O) groups excluding carboxylic acids is 2. The summed E-state index contributed by atoms with van der Waals surface area (Å²) in [4.78, 5) is 28.1.